The molecule has 7 aromatic rings. The van der Waals surface area contributed by atoms with E-state index < -0.39 is 0 Å². The minimum atomic E-state index is 0.139. The Labute approximate surface area is 294 Å². The first-order valence-corrected chi connectivity index (χ1v) is 18.8. The van der Waals surface area contributed by atoms with Crippen LogP contribution in [0.25, 0.3) is 0 Å². The fourth-order valence-corrected chi connectivity index (χ4v) is 12.3. The monoisotopic (exact) mass is 652 g/mol. The zero-order valence-corrected chi connectivity index (χ0v) is 27.9. The summed E-state index contributed by atoms with van der Waals surface area (Å²) in [6, 6.07) is 53.1. The zero-order valence-electron chi connectivity index (χ0n) is 26.2. The van der Waals surface area contributed by atoms with E-state index in [0.29, 0.717) is 0 Å². The maximum Gasteiger partial charge on any atom is 0.252 e. The van der Waals surface area contributed by atoms with Crippen molar-refractivity contribution in [2.75, 3.05) is 9.80 Å². The van der Waals surface area contributed by atoms with E-state index in [0.717, 1.165) is 0 Å². The van der Waals surface area contributed by atoms with Gasteiger partial charge in [-0.3, -0.25) is 0 Å². The summed E-state index contributed by atoms with van der Waals surface area (Å²) in [5.41, 5.74) is 21.0. The first-order valence-electron chi connectivity index (χ1n) is 17.1. The molecule has 6 aliphatic heterocycles. The normalized spacial score (nSPS) is 15.4. The van der Waals surface area contributed by atoms with Crippen molar-refractivity contribution < 1.29 is 0 Å². The first kappa shape index (κ1) is 26.0. The van der Waals surface area contributed by atoms with Crippen LogP contribution in [-0.4, -0.2) is 20.1 Å². The molecule has 222 valence electrons. The summed E-state index contributed by atoms with van der Waals surface area (Å²) < 4.78 is 0. The van der Waals surface area contributed by atoms with E-state index in [4.69, 9.17) is 0 Å². The van der Waals surface area contributed by atoms with Gasteiger partial charge in [0.1, 0.15) is 0 Å². The highest BCUT2D eigenvalue weighted by Gasteiger charge is 2.54. The summed E-state index contributed by atoms with van der Waals surface area (Å²) in [5, 5.41) is 0. The third-order valence-electron chi connectivity index (χ3n) is 11.8. The smallest absolute Gasteiger partial charge is 0.252 e. The van der Waals surface area contributed by atoms with E-state index in [1.807, 2.05) is 23.5 Å². The van der Waals surface area contributed by atoms with Gasteiger partial charge in [0, 0.05) is 53.7 Å². The van der Waals surface area contributed by atoms with Crippen molar-refractivity contribution in [3.63, 3.8) is 0 Å². The molecule has 0 bridgehead atoms. The summed E-state index contributed by atoms with van der Waals surface area (Å²) in [6.07, 6.45) is 0. The van der Waals surface area contributed by atoms with Crippen LogP contribution < -0.4 is 59.0 Å². The van der Waals surface area contributed by atoms with Gasteiger partial charge in [-0.1, -0.05) is 125 Å². The highest BCUT2D eigenvalue weighted by Crippen LogP contribution is 2.48. The van der Waals surface area contributed by atoms with Gasteiger partial charge < -0.3 is 9.80 Å². The van der Waals surface area contributed by atoms with Gasteiger partial charge in [0.05, 0.1) is 0 Å². The van der Waals surface area contributed by atoms with Gasteiger partial charge in [0.15, 0.2) is 0 Å². The van der Waals surface area contributed by atoms with Crippen LogP contribution in [-0.2, 0) is 0 Å². The van der Waals surface area contributed by atoms with Gasteiger partial charge in [0.2, 0.25) is 13.4 Å². The van der Waals surface area contributed by atoms with Crippen LogP contribution in [0.5, 0.6) is 0 Å². The molecule has 0 unspecified atom stereocenters. The molecule has 0 aliphatic carbocycles. The van der Waals surface area contributed by atoms with Gasteiger partial charge in [-0.15, -0.1) is 0 Å². The Morgan fingerprint density at radius 1 is 0.327 bits per heavy atom. The highest BCUT2D eigenvalue weighted by atomic mass is 32.2. The molecular weight excluding hydrogens is 629 g/mol. The lowest BCUT2D eigenvalue weighted by Crippen LogP contribution is -2.73. The second-order valence-corrected chi connectivity index (χ2v) is 16.1. The lowest BCUT2D eigenvalue weighted by Gasteiger charge is -2.53. The molecule has 0 spiro atoms. The summed E-state index contributed by atoms with van der Waals surface area (Å²) in [7, 11) is 0. The Balaban J connectivity index is 1.22. The lowest BCUT2D eigenvalue weighted by molar-refractivity contribution is 1.24. The number of benzene rings is 7. The molecule has 0 aromatic heterocycles. The summed E-state index contributed by atoms with van der Waals surface area (Å²) in [4.78, 5) is 10.8. The summed E-state index contributed by atoms with van der Waals surface area (Å²) >= 11 is 3.90. The molecular formula is C42H23B3N2S2. The highest BCUT2D eigenvalue weighted by molar-refractivity contribution is 8.00. The van der Waals surface area contributed by atoms with E-state index in [2.05, 4.69) is 149 Å². The number of para-hydroxylation sites is 2. The maximum atomic E-state index is 2.75. The van der Waals surface area contributed by atoms with Crippen LogP contribution in [0.1, 0.15) is 0 Å². The largest absolute Gasteiger partial charge is 0.313 e. The minimum Gasteiger partial charge on any atom is -0.313 e. The Hall–Kier alpha value is -4.97. The van der Waals surface area contributed by atoms with E-state index in [1.54, 1.807) is 0 Å². The molecule has 0 saturated heterocycles. The van der Waals surface area contributed by atoms with Gasteiger partial charge in [-0.2, -0.15) is 0 Å². The van der Waals surface area contributed by atoms with Crippen molar-refractivity contribution in [1.82, 2.24) is 0 Å². The number of rotatable bonds is 1. The Kier molecular flexibility index (Phi) is 4.76. The molecule has 7 aromatic carbocycles. The van der Waals surface area contributed by atoms with E-state index in [1.165, 1.54) is 103 Å². The molecule has 0 atom stereocenters. The van der Waals surface area contributed by atoms with E-state index in [-0.39, 0.29) is 20.1 Å². The first-order chi connectivity index (χ1) is 24.3. The van der Waals surface area contributed by atoms with E-state index in [9.17, 15) is 0 Å². The average Bonchev–Trinajstić information content (AvgIpc) is 3.16. The molecule has 2 nitrogen and oxygen atoms in total. The van der Waals surface area contributed by atoms with Gasteiger partial charge >= 0.3 is 0 Å². The minimum absolute atomic E-state index is 0.139. The van der Waals surface area contributed by atoms with Gasteiger partial charge in [0.25, 0.3) is 6.71 Å². The molecule has 0 N–H and O–H groups in total. The average molecular weight is 652 g/mol. The van der Waals surface area contributed by atoms with Crippen molar-refractivity contribution in [1.29, 1.82) is 0 Å². The van der Waals surface area contributed by atoms with Crippen LogP contribution in [0.3, 0.4) is 0 Å². The third-order valence-corrected chi connectivity index (χ3v) is 14.1. The van der Waals surface area contributed by atoms with Crippen molar-refractivity contribution in [3.8, 4) is 0 Å². The Morgan fingerprint density at radius 2 is 0.816 bits per heavy atom. The van der Waals surface area contributed by atoms with Gasteiger partial charge in [-0.25, -0.2) is 0 Å². The third kappa shape index (κ3) is 3.01. The lowest BCUT2D eigenvalue weighted by atomic mass is 9.26. The molecule has 49 heavy (non-hydrogen) atoms. The van der Waals surface area contributed by atoms with Crippen molar-refractivity contribution in [3.05, 3.63) is 140 Å². The molecule has 6 heterocycles. The number of nitrogens with zero attached hydrogens (tertiary/aromatic N) is 2. The fraction of sp³-hybridized carbons (Fsp3) is 0. The second-order valence-electron chi connectivity index (χ2n) is 13.9. The van der Waals surface area contributed by atoms with Crippen LogP contribution >= 0.6 is 23.5 Å². The second kappa shape index (κ2) is 8.98. The van der Waals surface area contributed by atoms with Crippen molar-refractivity contribution in [2.24, 2.45) is 0 Å². The molecule has 0 saturated carbocycles. The topological polar surface area (TPSA) is 6.48 Å². The molecule has 6 aliphatic rings. The van der Waals surface area contributed by atoms with Crippen LogP contribution in [0.4, 0.5) is 34.1 Å². The summed E-state index contributed by atoms with van der Waals surface area (Å²) in [6.45, 7) is 0.522. The van der Waals surface area contributed by atoms with Crippen molar-refractivity contribution >= 4 is 127 Å². The molecule has 7 heteroatoms. The SMILES string of the molecule is c1ccc(N2c3ccccc3B3c4ccc5c6c4N4c7c(ccc8c7B(c7ccccc7S8)c7ccc2c3c74)B6c2ccccc2S5)cc1. The Bertz CT molecular complexity index is 2660. The quantitative estimate of drug-likeness (QED) is 0.244. The molecule has 0 radical (unpaired) electrons. The predicted molar refractivity (Wildman–Crippen MR) is 211 cm³/mol. The number of hydrogen-bond donors (Lipinski definition) is 0. The van der Waals surface area contributed by atoms with E-state index >= 15 is 0 Å². The van der Waals surface area contributed by atoms with Gasteiger partial charge in [-0.05, 0) is 86.8 Å². The number of fused-ring (bicyclic) bond motifs is 9. The van der Waals surface area contributed by atoms with Crippen molar-refractivity contribution in [2.45, 2.75) is 19.6 Å². The number of anilines is 6. The number of hydrogen-bond acceptors (Lipinski definition) is 4. The zero-order chi connectivity index (χ0) is 31.5. The molecule has 13 rings (SSSR count). The molecule has 0 amide bonds. The molecule has 0 fully saturated rings. The Morgan fingerprint density at radius 3 is 1.45 bits per heavy atom. The fourth-order valence-electron chi connectivity index (χ4n) is 10.0. The summed E-state index contributed by atoms with van der Waals surface area (Å²) in [5.74, 6) is 0. The van der Waals surface area contributed by atoms with Crippen LogP contribution in [0, 0.1) is 0 Å². The standard InChI is InChI=1S/C42H23B3N2S2/c1-2-10-24(11-3-1)46-31-15-7-4-12-25(31)43-29-19-22-35-38-41(29)47-40-28(18-21-32(46)37(40)43)44-26-13-5-8-16-33(26)48-36-23-20-30(42(47)39(36)44)45(38)27-14-6-9-17-34(27)49-35/h1-23H. The van der Waals surface area contributed by atoms with Crippen LogP contribution in [0.15, 0.2) is 159 Å². The maximum absolute atomic E-state index is 2.75. The predicted octanol–water partition coefficient (Wildman–Crippen LogP) is 4.36. The van der Waals surface area contributed by atoms with Crippen LogP contribution in [0.2, 0.25) is 0 Å².